The van der Waals surface area contributed by atoms with Gasteiger partial charge in [0.2, 0.25) is 0 Å². The number of rotatable bonds is 10. The summed E-state index contributed by atoms with van der Waals surface area (Å²) in [4.78, 5) is 22.9. The number of methoxy groups -OCH3 is 1. The van der Waals surface area contributed by atoms with Gasteiger partial charge in [-0.15, -0.1) is 0 Å². The lowest BCUT2D eigenvalue weighted by molar-refractivity contribution is 0.0749. The molecular formula is C20H28N4O2. The minimum Gasteiger partial charge on any atom is -0.497 e. The van der Waals surface area contributed by atoms with E-state index in [1.54, 1.807) is 19.5 Å². The highest BCUT2D eigenvalue weighted by Crippen LogP contribution is 2.12. The average Bonchev–Trinajstić information content (AvgIpc) is 2.68. The second kappa shape index (κ2) is 10.4. The Morgan fingerprint density at radius 3 is 2.31 bits per heavy atom. The number of nitrogens with one attached hydrogen (secondary N) is 1. The predicted molar refractivity (Wildman–Crippen MR) is 104 cm³/mol. The summed E-state index contributed by atoms with van der Waals surface area (Å²) in [5.41, 5.74) is 1.61. The first-order valence-electron chi connectivity index (χ1n) is 9.16. The molecule has 0 saturated heterocycles. The van der Waals surface area contributed by atoms with E-state index in [-0.39, 0.29) is 5.91 Å². The van der Waals surface area contributed by atoms with Crippen LogP contribution in [0.1, 0.15) is 42.7 Å². The molecule has 0 radical (unpaired) electrons. The van der Waals surface area contributed by atoms with Gasteiger partial charge in [-0.2, -0.15) is 0 Å². The highest BCUT2D eigenvalue weighted by atomic mass is 16.5. The summed E-state index contributed by atoms with van der Waals surface area (Å²) in [6.07, 6.45) is 5.91. The number of nitrogens with zero attached hydrogens (tertiary/aromatic N) is 3. The van der Waals surface area contributed by atoms with Crippen molar-refractivity contribution in [2.75, 3.05) is 32.1 Å². The van der Waals surface area contributed by atoms with Gasteiger partial charge >= 0.3 is 0 Å². The quantitative estimate of drug-likeness (QED) is 0.707. The van der Waals surface area contributed by atoms with Gasteiger partial charge in [-0.05, 0) is 37.0 Å². The molecule has 2 aromatic rings. The van der Waals surface area contributed by atoms with Crippen LogP contribution in [0.5, 0.6) is 5.75 Å². The summed E-state index contributed by atoms with van der Waals surface area (Å²) in [5.74, 6) is 1.48. The molecule has 1 amide bonds. The topological polar surface area (TPSA) is 67.4 Å². The molecule has 0 unspecified atom stereocenters. The molecule has 1 aromatic heterocycles. The second-order valence-electron chi connectivity index (χ2n) is 6.10. The van der Waals surface area contributed by atoms with Crippen molar-refractivity contribution in [2.24, 2.45) is 0 Å². The van der Waals surface area contributed by atoms with Crippen molar-refractivity contribution in [3.05, 3.63) is 47.9 Å². The first-order chi connectivity index (χ1) is 12.7. The monoisotopic (exact) mass is 356 g/mol. The van der Waals surface area contributed by atoms with E-state index < -0.39 is 0 Å². The summed E-state index contributed by atoms with van der Waals surface area (Å²) in [7, 11) is 1.66. The molecule has 1 aromatic carbocycles. The molecule has 26 heavy (non-hydrogen) atoms. The standard InChI is InChI=1S/C20H28N4O2/c1-4-12-24(13-5-2)20(25)18-14-23-19(15-22-18)21-11-10-16-6-8-17(26-3)9-7-16/h6-9,14-15H,4-5,10-13H2,1-3H3,(H,21,23). The third kappa shape index (κ3) is 5.72. The number of benzene rings is 1. The normalized spacial score (nSPS) is 10.4. The van der Waals surface area contributed by atoms with Crippen LogP contribution in [0.4, 0.5) is 5.82 Å². The number of carbonyl (C=O) groups excluding carboxylic acids is 1. The summed E-state index contributed by atoms with van der Waals surface area (Å²) in [6, 6.07) is 8.00. The van der Waals surface area contributed by atoms with Crippen molar-refractivity contribution in [1.82, 2.24) is 14.9 Å². The van der Waals surface area contributed by atoms with Gasteiger partial charge in [-0.1, -0.05) is 26.0 Å². The lowest BCUT2D eigenvalue weighted by atomic mass is 10.1. The Hall–Kier alpha value is -2.63. The Labute approximate surface area is 155 Å². The molecule has 0 aliphatic carbocycles. The zero-order chi connectivity index (χ0) is 18.8. The largest absolute Gasteiger partial charge is 0.497 e. The zero-order valence-electron chi connectivity index (χ0n) is 15.9. The summed E-state index contributed by atoms with van der Waals surface area (Å²) in [6.45, 7) is 6.37. The van der Waals surface area contributed by atoms with Crippen LogP contribution in [-0.4, -0.2) is 47.5 Å². The number of hydrogen-bond donors (Lipinski definition) is 1. The fourth-order valence-corrected chi connectivity index (χ4v) is 2.67. The Morgan fingerprint density at radius 2 is 1.77 bits per heavy atom. The fraction of sp³-hybridized carbons (Fsp3) is 0.450. The van der Waals surface area contributed by atoms with E-state index in [1.165, 1.54) is 5.56 Å². The molecule has 0 atom stereocenters. The summed E-state index contributed by atoms with van der Waals surface area (Å²) in [5, 5.41) is 3.24. The van der Waals surface area contributed by atoms with Crippen molar-refractivity contribution in [3.8, 4) is 5.75 Å². The number of aromatic nitrogens is 2. The van der Waals surface area contributed by atoms with E-state index >= 15 is 0 Å². The van der Waals surface area contributed by atoms with Crippen LogP contribution >= 0.6 is 0 Å². The number of anilines is 1. The van der Waals surface area contributed by atoms with Crippen LogP contribution in [0.25, 0.3) is 0 Å². The highest BCUT2D eigenvalue weighted by molar-refractivity contribution is 5.92. The smallest absolute Gasteiger partial charge is 0.274 e. The molecule has 0 fully saturated rings. The van der Waals surface area contributed by atoms with Gasteiger partial charge in [-0.3, -0.25) is 4.79 Å². The zero-order valence-corrected chi connectivity index (χ0v) is 15.9. The molecule has 1 N–H and O–H groups in total. The number of carbonyl (C=O) groups is 1. The second-order valence-corrected chi connectivity index (χ2v) is 6.10. The number of hydrogen-bond acceptors (Lipinski definition) is 5. The molecular weight excluding hydrogens is 328 g/mol. The number of amides is 1. The average molecular weight is 356 g/mol. The van der Waals surface area contributed by atoms with Crippen LogP contribution < -0.4 is 10.1 Å². The van der Waals surface area contributed by atoms with Gasteiger partial charge in [0.05, 0.1) is 19.5 Å². The van der Waals surface area contributed by atoms with Crippen LogP contribution in [-0.2, 0) is 6.42 Å². The van der Waals surface area contributed by atoms with Crippen LogP contribution in [0.2, 0.25) is 0 Å². The van der Waals surface area contributed by atoms with E-state index in [0.717, 1.165) is 44.6 Å². The molecule has 140 valence electrons. The van der Waals surface area contributed by atoms with E-state index in [0.29, 0.717) is 11.5 Å². The fourth-order valence-electron chi connectivity index (χ4n) is 2.67. The Bertz CT molecular complexity index is 665. The number of ether oxygens (including phenoxy) is 1. The molecule has 2 rings (SSSR count). The SMILES string of the molecule is CCCN(CCC)C(=O)c1cnc(NCCc2ccc(OC)cc2)cn1. The van der Waals surface area contributed by atoms with Crippen LogP contribution in [0.15, 0.2) is 36.7 Å². The third-order valence-electron chi connectivity index (χ3n) is 4.02. The van der Waals surface area contributed by atoms with E-state index in [1.807, 2.05) is 29.2 Å². The molecule has 0 aliphatic heterocycles. The molecule has 1 heterocycles. The Morgan fingerprint density at radius 1 is 1.08 bits per heavy atom. The van der Waals surface area contributed by atoms with Crippen molar-refractivity contribution >= 4 is 11.7 Å². The lowest BCUT2D eigenvalue weighted by Gasteiger charge is -2.20. The van der Waals surface area contributed by atoms with Crippen molar-refractivity contribution < 1.29 is 9.53 Å². The van der Waals surface area contributed by atoms with Gasteiger partial charge in [0.15, 0.2) is 0 Å². The molecule has 0 spiro atoms. The van der Waals surface area contributed by atoms with Gasteiger partial charge in [0.25, 0.3) is 5.91 Å². The van der Waals surface area contributed by atoms with E-state index in [2.05, 4.69) is 29.1 Å². The van der Waals surface area contributed by atoms with E-state index in [9.17, 15) is 4.79 Å². The molecule has 6 nitrogen and oxygen atoms in total. The maximum atomic E-state index is 12.5. The first kappa shape index (κ1) is 19.7. The predicted octanol–water partition coefficient (Wildman–Crippen LogP) is 3.40. The van der Waals surface area contributed by atoms with Gasteiger partial charge in [0.1, 0.15) is 17.3 Å². The first-order valence-corrected chi connectivity index (χ1v) is 9.16. The third-order valence-corrected chi connectivity index (χ3v) is 4.02. The highest BCUT2D eigenvalue weighted by Gasteiger charge is 2.15. The minimum absolute atomic E-state index is 0.0500. The molecule has 6 heteroatoms. The summed E-state index contributed by atoms with van der Waals surface area (Å²) >= 11 is 0. The van der Waals surface area contributed by atoms with Crippen LogP contribution in [0.3, 0.4) is 0 Å². The maximum Gasteiger partial charge on any atom is 0.274 e. The molecule has 0 bridgehead atoms. The lowest BCUT2D eigenvalue weighted by Crippen LogP contribution is -2.33. The maximum absolute atomic E-state index is 12.5. The summed E-state index contributed by atoms with van der Waals surface area (Å²) < 4.78 is 5.16. The van der Waals surface area contributed by atoms with Crippen molar-refractivity contribution in [1.29, 1.82) is 0 Å². The van der Waals surface area contributed by atoms with Crippen LogP contribution in [0, 0.1) is 0 Å². The van der Waals surface area contributed by atoms with E-state index in [4.69, 9.17) is 4.74 Å². The minimum atomic E-state index is -0.0500. The van der Waals surface area contributed by atoms with Crippen molar-refractivity contribution in [3.63, 3.8) is 0 Å². The molecule has 0 saturated carbocycles. The van der Waals surface area contributed by atoms with Gasteiger partial charge in [0, 0.05) is 19.6 Å². The van der Waals surface area contributed by atoms with Crippen molar-refractivity contribution in [2.45, 2.75) is 33.1 Å². The molecule has 0 aliphatic rings. The van der Waals surface area contributed by atoms with Gasteiger partial charge in [-0.25, -0.2) is 9.97 Å². The van der Waals surface area contributed by atoms with Gasteiger partial charge < -0.3 is 15.0 Å². The Balaban J connectivity index is 1.87. The Kier molecular flexibility index (Phi) is 7.86.